The molecule has 0 bridgehead atoms. The van der Waals surface area contributed by atoms with Gasteiger partial charge in [0.25, 0.3) is 0 Å². The van der Waals surface area contributed by atoms with E-state index in [0.29, 0.717) is 0 Å². The zero-order chi connectivity index (χ0) is 14.0. The second kappa shape index (κ2) is 6.03. The maximum atomic E-state index is 11.2. The fourth-order valence-corrected chi connectivity index (χ4v) is 3.97. The highest BCUT2D eigenvalue weighted by atomic mass is 32.1. The van der Waals surface area contributed by atoms with Crippen molar-refractivity contribution in [2.24, 2.45) is 17.4 Å². The molecule has 2 rings (SSSR count). The van der Waals surface area contributed by atoms with Crippen LogP contribution in [-0.2, 0) is 4.79 Å². The number of nitrogens with zero attached hydrogens (tertiary/aromatic N) is 1. The Morgan fingerprint density at radius 2 is 2.05 bits per heavy atom. The second-order valence-electron chi connectivity index (χ2n) is 5.46. The number of thiophene rings is 1. The molecule has 4 nitrogen and oxygen atoms in total. The topological polar surface area (TPSA) is 72.3 Å². The van der Waals surface area contributed by atoms with E-state index in [0.717, 1.165) is 25.9 Å². The van der Waals surface area contributed by atoms with Crippen LogP contribution in [-0.4, -0.2) is 29.9 Å². The average Bonchev–Trinajstić information content (AvgIpc) is 2.76. The molecule has 1 saturated heterocycles. The Kier molecular flexibility index (Phi) is 4.60. The SMILES string of the molecule is Cc1ccc(C(C(C)N)N2CCC(C(N)=O)CC2)s1. The molecule has 2 atom stereocenters. The Labute approximate surface area is 118 Å². The maximum absolute atomic E-state index is 11.2. The zero-order valence-corrected chi connectivity index (χ0v) is 12.5. The molecule has 0 radical (unpaired) electrons. The number of hydrogen-bond acceptors (Lipinski definition) is 4. The van der Waals surface area contributed by atoms with Crippen molar-refractivity contribution in [1.29, 1.82) is 0 Å². The zero-order valence-electron chi connectivity index (χ0n) is 11.6. The fraction of sp³-hybridized carbons (Fsp3) is 0.643. The van der Waals surface area contributed by atoms with Crippen molar-refractivity contribution in [3.05, 3.63) is 21.9 Å². The number of aryl methyl sites for hydroxylation is 1. The molecule has 4 N–H and O–H groups in total. The Balaban J connectivity index is 2.07. The van der Waals surface area contributed by atoms with Gasteiger partial charge in [-0.15, -0.1) is 11.3 Å². The first kappa shape index (κ1) is 14.5. The van der Waals surface area contributed by atoms with Crippen molar-refractivity contribution in [2.75, 3.05) is 13.1 Å². The minimum absolute atomic E-state index is 0.0371. The van der Waals surface area contributed by atoms with Crippen molar-refractivity contribution < 1.29 is 4.79 Å². The monoisotopic (exact) mass is 281 g/mol. The standard InChI is InChI=1S/C14H23N3OS/c1-9-3-4-12(19-9)13(10(2)15)17-7-5-11(6-8-17)14(16)18/h3-4,10-11,13H,5-8,15H2,1-2H3,(H2,16,18). The molecule has 1 aromatic heterocycles. The minimum atomic E-state index is -0.163. The van der Waals surface area contributed by atoms with E-state index < -0.39 is 0 Å². The summed E-state index contributed by atoms with van der Waals surface area (Å²) in [5, 5.41) is 0. The molecule has 0 aromatic carbocycles. The Bertz CT molecular complexity index is 436. The summed E-state index contributed by atoms with van der Waals surface area (Å²) in [6, 6.07) is 4.66. The van der Waals surface area contributed by atoms with Gasteiger partial charge in [0, 0.05) is 21.7 Å². The van der Waals surface area contributed by atoms with E-state index in [1.807, 2.05) is 11.3 Å². The Hall–Kier alpha value is -0.910. The maximum Gasteiger partial charge on any atom is 0.220 e. The molecule has 0 saturated carbocycles. The molecule has 19 heavy (non-hydrogen) atoms. The van der Waals surface area contributed by atoms with Crippen molar-refractivity contribution >= 4 is 17.2 Å². The molecule has 0 spiro atoms. The largest absolute Gasteiger partial charge is 0.369 e. The lowest BCUT2D eigenvalue weighted by Crippen LogP contribution is -2.45. The molecule has 1 aliphatic heterocycles. The molecule has 0 aliphatic carbocycles. The van der Waals surface area contributed by atoms with Crippen LogP contribution in [0.15, 0.2) is 12.1 Å². The summed E-state index contributed by atoms with van der Waals surface area (Å²) in [5.41, 5.74) is 11.6. The highest BCUT2D eigenvalue weighted by molar-refractivity contribution is 7.12. The van der Waals surface area contributed by atoms with Gasteiger partial charge in [-0.05, 0) is 51.9 Å². The first-order chi connectivity index (χ1) is 8.99. The predicted molar refractivity (Wildman–Crippen MR) is 78.9 cm³/mol. The summed E-state index contributed by atoms with van der Waals surface area (Å²) >= 11 is 1.81. The normalized spacial score (nSPS) is 21.2. The number of carbonyl (C=O) groups excluding carboxylic acids is 1. The van der Waals surface area contributed by atoms with E-state index in [9.17, 15) is 4.79 Å². The highest BCUT2D eigenvalue weighted by Crippen LogP contribution is 2.32. The summed E-state index contributed by atoms with van der Waals surface area (Å²) in [6.45, 7) is 5.97. The molecular weight excluding hydrogens is 258 g/mol. The summed E-state index contributed by atoms with van der Waals surface area (Å²) in [7, 11) is 0. The van der Waals surface area contributed by atoms with Crippen molar-refractivity contribution in [3.8, 4) is 0 Å². The van der Waals surface area contributed by atoms with Crippen molar-refractivity contribution in [3.63, 3.8) is 0 Å². The number of piperidine rings is 1. The van der Waals surface area contributed by atoms with Gasteiger partial charge >= 0.3 is 0 Å². The van der Waals surface area contributed by atoms with Crippen LogP contribution in [0.2, 0.25) is 0 Å². The van der Waals surface area contributed by atoms with Gasteiger partial charge in [0.1, 0.15) is 0 Å². The first-order valence-corrected chi connectivity index (χ1v) is 7.66. The lowest BCUT2D eigenvalue weighted by Gasteiger charge is -2.38. The third-order valence-corrected chi connectivity index (χ3v) is 4.95. The summed E-state index contributed by atoms with van der Waals surface area (Å²) in [6.07, 6.45) is 1.70. The number of hydrogen-bond donors (Lipinski definition) is 2. The summed E-state index contributed by atoms with van der Waals surface area (Å²) in [5.74, 6) is -0.126. The molecule has 2 heterocycles. The van der Waals surface area contributed by atoms with Gasteiger partial charge in [0.05, 0.1) is 6.04 Å². The van der Waals surface area contributed by atoms with Crippen LogP contribution in [0.3, 0.4) is 0 Å². The van der Waals surface area contributed by atoms with E-state index in [1.54, 1.807) is 0 Å². The number of amides is 1. The van der Waals surface area contributed by atoms with E-state index in [4.69, 9.17) is 11.5 Å². The van der Waals surface area contributed by atoms with Crippen LogP contribution in [0, 0.1) is 12.8 Å². The molecule has 1 amide bonds. The van der Waals surface area contributed by atoms with E-state index in [1.165, 1.54) is 9.75 Å². The number of carbonyl (C=O) groups is 1. The molecule has 5 heteroatoms. The molecule has 1 aromatic rings. The lowest BCUT2D eigenvalue weighted by atomic mass is 9.94. The van der Waals surface area contributed by atoms with Crippen LogP contribution >= 0.6 is 11.3 Å². The molecular formula is C14H23N3OS. The highest BCUT2D eigenvalue weighted by Gasteiger charge is 2.30. The second-order valence-corrected chi connectivity index (χ2v) is 6.78. The van der Waals surface area contributed by atoms with Crippen LogP contribution in [0.25, 0.3) is 0 Å². The van der Waals surface area contributed by atoms with E-state index in [-0.39, 0.29) is 23.9 Å². The number of likely N-dealkylation sites (tertiary alicyclic amines) is 1. The summed E-state index contributed by atoms with van der Waals surface area (Å²) < 4.78 is 0. The number of rotatable bonds is 4. The molecule has 2 unspecified atom stereocenters. The van der Waals surface area contributed by atoms with Crippen LogP contribution in [0.1, 0.15) is 35.6 Å². The fourth-order valence-electron chi connectivity index (χ4n) is 2.85. The summed E-state index contributed by atoms with van der Waals surface area (Å²) in [4.78, 5) is 16.3. The van der Waals surface area contributed by atoms with Gasteiger partial charge in [0.15, 0.2) is 0 Å². The number of nitrogens with two attached hydrogens (primary N) is 2. The smallest absolute Gasteiger partial charge is 0.220 e. The first-order valence-electron chi connectivity index (χ1n) is 6.84. The molecule has 1 aliphatic rings. The Morgan fingerprint density at radius 1 is 1.42 bits per heavy atom. The van der Waals surface area contributed by atoms with Crippen LogP contribution < -0.4 is 11.5 Å². The molecule has 1 fully saturated rings. The van der Waals surface area contributed by atoms with Gasteiger partial charge < -0.3 is 11.5 Å². The quantitative estimate of drug-likeness (QED) is 0.881. The number of primary amides is 1. The van der Waals surface area contributed by atoms with Gasteiger partial charge in [-0.25, -0.2) is 0 Å². The third-order valence-electron chi connectivity index (χ3n) is 3.88. The van der Waals surface area contributed by atoms with Gasteiger partial charge in [0.2, 0.25) is 5.91 Å². The average molecular weight is 281 g/mol. The van der Waals surface area contributed by atoms with Crippen molar-refractivity contribution in [2.45, 2.75) is 38.8 Å². The third kappa shape index (κ3) is 3.35. The van der Waals surface area contributed by atoms with Gasteiger partial charge in [-0.2, -0.15) is 0 Å². The predicted octanol–water partition coefficient (Wildman–Crippen LogP) is 1.64. The minimum Gasteiger partial charge on any atom is -0.369 e. The van der Waals surface area contributed by atoms with Crippen LogP contribution in [0.4, 0.5) is 0 Å². The van der Waals surface area contributed by atoms with E-state index >= 15 is 0 Å². The van der Waals surface area contributed by atoms with Crippen LogP contribution in [0.5, 0.6) is 0 Å². The Morgan fingerprint density at radius 3 is 2.47 bits per heavy atom. The van der Waals surface area contributed by atoms with Crippen molar-refractivity contribution in [1.82, 2.24) is 4.90 Å². The lowest BCUT2D eigenvalue weighted by molar-refractivity contribution is -0.123. The molecule has 106 valence electrons. The van der Waals surface area contributed by atoms with E-state index in [2.05, 4.69) is 30.9 Å². The van der Waals surface area contributed by atoms with Gasteiger partial charge in [-0.3, -0.25) is 9.69 Å². The van der Waals surface area contributed by atoms with Gasteiger partial charge in [-0.1, -0.05) is 0 Å².